The summed E-state index contributed by atoms with van der Waals surface area (Å²) in [6.45, 7) is 8.76. The van der Waals surface area contributed by atoms with Gasteiger partial charge in [-0.25, -0.2) is 0 Å². The van der Waals surface area contributed by atoms with E-state index in [1.807, 2.05) is 30.3 Å². The molecule has 1 aromatic rings. The molecule has 204 valence electrons. The van der Waals surface area contributed by atoms with Crippen LogP contribution in [0.4, 0.5) is 0 Å². The molecule has 3 aliphatic rings. The molecule has 1 aromatic carbocycles. The normalized spacial score (nSPS) is 32.4. The molecule has 0 bridgehead atoms. The van der Waals surface area contributed by atoms with E-state index in [4.69, 9.17) is 23.7 Å². The molecule has 0 radical (unpaired) electrons. The number of benzene rings is 1. The van der Waals surface area contributed by atoms with Crippen LogP contribution in [0, 0.1) is 0 Å². The van der Waals surface area contributed by atoms with Crippen molar-refractivity contribution in [1.29, 1.82) is 0 Å². The van der Waals surface area contributed by atoms with Crippen molar-refractivity contribution in [2.45, 2.75) is 135 Å². The lowest BCUT2D eigenvalue weighted by Gasteiger charge is -2.47. The van der Waals surface area contributed by atoms with Gasteiger partial charge in [0.25, 0.3) is 0 Å². The van der Waals surface area contributed by atoms with Crippen molar-refractivity contribution in [3.05, 3.63) is 35.9 Å². The molecular formula is C30H49NO5. The van der Waals surface area contributed by atoms with Crippen LogP contribution >= 0.6 is 0 Å². The van der Waals surface area contributed by atoms with Gasteiger partial charge in [-0.3, -0.25) is 4.90 Å². The smallest absolute Gasteiger partial charge is 0.184 e. The van der Waals surface area contributed by atoms with E-state index in [2.05, 4.69) is 25.7 Å². The van der Waals surface area contributed by atoms with Gasteiger partial charge in [0, 0.05) is 12.2 Å². The first-order valence-electron chi connectivity index (χ1n) is 14.8. The topological polar surface area (TPSA) is 49.4 Å². The van der Waals surface area contributed by atoms with Crippen LogP contribution in [0.2, 0.25) is 0 Å². The van der Waals surface area contributed by atoms with Gasteiger partial charge >= 0.3 is 0 Å². The van der Waals surface area contributed by atoms with Gasteiger partial charge in [-0.2, -0.15) is 0 Å². The number of fused-ring (bicyclic) bond motifs is 3. The number of unbranched alkanes of at least 4 members (excludes halogenated alkanes) is 9. The molecule has 6 heteroatoms. The zero-order valence-electron chi connectivity index (χ0n) is 22.8. The summed E-state index contributed by atoms with van der Waals surface area (Å²) >= 11 is 0. The predicted molar refractivity (Wildman–Crippen MR) is 142 cm³/mol. The van der Waals surface area contributed by atoms with Gasteiger partial charge in [0.05, 0.1) is 12.6 Å². The van der Waals surface area contributed by atoms with Crippen molar-refractivity contribution in [2.24, 2.45) is 0 Å². The van der Waals surface area contributed by atoms with Gasteiger partial charge in [0.15, 0.2) is 12.6 Å². The van der Waals surface area contributed by atoms with Crippen LogP contribution in [0.5, 0.6) is 0 Å². The Morgan fingerprint density at radius 1 is 0.806 bits per heavy atom. The summed E-state index contributed by atoms with van der Waals surface area (Å²) in [6, 6.07) is 10.2. The second-order valence-electron chi connectivity index (χ2n) is 10.6. The molecule has 7 atom stereocenters. The Morgan fingerprint density at radius 3 is 2.17 bits per heavy atom. The molecule has 3 fully saturated rings. The van der Waals surface area contributed by atoms with Crippen molar-refractivity contribution in [3.63, 3.8) is 0 Å². The molecule has 0 spiro atoms. The molecule has 3 aliphatic heterocycles. The number of hydrogen-bond donors (Lipinski definition) is 0. The number of ether oxygens (including phenoxy) is 5. The Hall–Kier alpha value is -1.02. The van der Waals surface area contributed by atoms with E-state index >= 15 is 0 Å². The number of nitrogens with zero attached hydrogens (tertiary/aromatic N) is 1. The van der Waals surface area contributed by atoms with Gasteiger partial charge in [-0.05, 0) is 19.4 Å². The van der Waals surface area contributed by atoms with Crippen LogP contribution in [-0.4, -0.2) is 61.5 Å². The van der Waals surface area contributed by atoms with E-state index in [1.165, 1.54) is 57.8 Å². The molecular weight excluding hydrogens is 454 g/mol. The first-order chi connectivity index (χ1) is 17.8. The lowest BCUT2D eigenvalue weighted by molar-refractivity contribution is -0.342. The van der Waals surface area contributed by atoms with E-state index in [-0.39, 0.29) is 43.2 Å². The van der Waals surface area contributed by atoms with E-state index in [0.717, 1.165) is 31.6 Å². The number of rotatable bonds is 15. The van der Waals surface area contributed by atoms with Crippen molar-refractivity contribution >= 4 is 0 Å². The Bertz CT molecular complexity index is 733. The highest BCUT2D eigenvalue weighted by molar-refractivity contribution is 5.17. The van der Waals surface area contributed by atoms with Crippen molar-refractivity contribution in [3.8, 4) is 0 Å². The van der Waals surface area contributed by atoms with E-state index in [1.54, 1.807) is 0 Å². The molecule has 0 aliphatic carbocycles. The summed E-state index contributed by atoms with van der Waals surface area (Å²) in [5.41, 5.74) is 1.03. The minimum atomic E-state index is -0.389. The third-order valence-corrected chi connectivity index (χ3v) is 7.94. The maximum absolute atomic E-state index is 6.59. The second-order valence-corrected chi connectivity index (χ2v) is 10.6. The van der Waals surface area contributed by atoms with Gasteiger partial charge in [0.2, 0.25) is 0 Å². The average Bonchev–Trinajstić information content (AvgIpc) is 3.31. The molecule has 36 heavy (non-hydrogen) atoms. The zero-order chi connectivity index (χ0) is 25.2. The SMILES string of the molecule is CCCCCCCCCCCCO[C@@H]1O[C@@H]2COC(c3ccccc3)O[C@H]2[C@H]2O[C@@H](CC)N(CC)[C@@H]12. The molecule has 4 rings (SSSR count). The van der Waals surface area contributed by atoms with Gasteiger partial charge in [-0.1, -0.05) is 109 Å². The largest absolute Gasteiger partial charge is 0.355 e. The summed E-state index contributed by atoms with van der Waals surface area (Å²) in [6.07, 6.45) is 13.1. The highest BCUT2D eigenvalue weighted by Gasteiger charge is 2.57. The molecule has 0 N–H and O–H groups in total. The average molecular weight is 504 g/mol. The van der Waals surface area contributed by atoms with E-state index in [0.29, 0.717) is 6.61 Å². The standard InChI is InChI=1S/C30H49NO5/c1-4-7-8-9-10-11-12-13-14-18-21-32-30-26-28(35-25(5-2)31(26)6-3)27-24(34-30)22-33-29(36-27)23-19-16-15-17-20-23/h15-17,19-20,24-30H,4-14,18,21-22H2,1-3H3/t24-,25+,26-,27-,28+,29?,30-/m1/s1. The van der Waals surface area contributed by atoms with Gasteiger partial charge in [0.1, 0.15) is 24.5 Å². The third kappa shape index (κ3) is 7.09. The van der Waals surface area contributed by atoms with Crippen LogP contribution in [0.3, 0.4) is 0 Å². The van der Waals surface area contributed by atoms with Gasteiger partial charge < -0.3 is 23.7 Å². The van der Waals surface area contributed by atoms with Crippen LogP contribution < -0.4 is 0 Å². The molecule has 1 unspecified atom stereocenters. The fraction of sp³-hybridized carbons (Fsp3) is 0.800. The predicted octanol–water partition coefficient (Wildman–Crippen LogP) is 6.59. The monoisotopic (exact) mass is 503 g/mol. The van der Waals surface area contributed by atoms with Crippen molar-refractivity contribution in [2.75, 3.05) is 19.8 Å². The Morgan fingerprint density at radius 2 is 1.50 bits per heavy atom. The first kappa shape index (κ1) is 28.0. The lowest BCUT2D eigenvalue weighted by atomic mass is 9.95. The minimum absolute atomic E-state index is 0.0406. The van der Waals surface area contributed by atoms with E-state index in [9.17, 15) is 0 Å². The van der Waals surface area contributed by atoms with Crippen molar-refractivity contribution in [1.82, 2.24) is 4.90 Å². The molecule has 0 saturated carbocycles. The number of hydrogen-bond acceptors (Lipinski definition) is 6. The van der Waals surface area contributed by atoms with Gasteiger partial charge in [-0.15, -0.1) is 0 Å². The van der Waals surface area contributed by atoms with Crippen LogP contribution in [-0.2, 0) is 23.7 Å². The highest BCUT2D eigenvalue weighted by atomic mass is 16.8. The minimum Gasteiger partial charge on any atom is -0.355 e. The molecule has 0 amide bonds. The van der Waals surface area contributed by atoms with Crippen LogP contribution in [0.1, 0.15) is 103 Å². The second kappa shape index (κ2) is 14.8. The molecule has 3 saturated heterocycles. The summed E-state index contributed by atoms with van der Waals surface area (Å²) in [5.74, 6) is 0. The third-order valence-electron chi connectivity index (χ3n) is 7.94. The van der Waals surface area contributed by atoms with Crippen LogP contribution in [0.25, 0.3) is 0 Å². The molecule has 0 aromatic heterocycles. The Kier molecular flexibility index (Phi) is 11.5. The molecule has 6 nitrogen and oxygen atoms in total. The highest BCUT2D eigenvalue weighted by Crippen LogP contribution is 2.41. The maximum atomic E-state index is 6.59. The Labute approximate surface area is 219 Å². The fourth-order valence-corrected chi connectivity index (χ4v) is 5.97. The summed E-state index contributed by atoms with van der Waals surface area (Å²) in [7, 11) is 0. The Balaban J connectivity index is 1.27. The van der Waals surface area contributed by atoms with Crippen LogP contribution in [0.15, 0.2) is 30.3 Å². The fourth-order valence-electron chi connectivity index (χ4n) is 5.97. The summed E-state index contributed by atoms with van der Waals surface area (Å²) < 4.78 is 32.1. The molecule has 3 heterocycles. The quantitative estimate of drug-likeness (QED) is 0.252. The van der Waals surface area contributed by atoms with Crippen molar-refractivity contribution < 1.29 is 23.7 Å². The zero-order valence-corrected chi connectivity index (χ0v) is 22.8. The number of likely N-dealkylation sites (N-methyl/N-ethyl adjacent to an activating group) is 1. The first-order valence-corrected chi connectivity index (χ1v) is 14.8. The van der Waals surface area contributed by atoms with E-state index < -0.39 is 0 Å². The summed E-state index contributed by atoms with van der Waals surface area (Å²) in [4.78, 5) is 2.40. The maximum Gasteiger partial charge on any atom is 0.184 e. The lowest BCUT2D eigenvalue weighted by Crippen LogP contribution is -2.63. The summed E-state index contributed by atoms with van der Waals surface area (Å²) in [5, 5.41) is 0.